The normalized spacial score (nSPS) is 9.92. The molecule has 0 spiro atoms. The van der Waals surface area contributed by atoms with Crippen LogP contribution in [0.1, 0.15) is 17.6 Å². The summed E-state index contributed by atoms with van der Waals surface area (Å²) in [4.78, 5) is 0. The average molecular weight is 232 g/mol. The van der Waals surface area contributed by atoms with E-state index in [1.807, 2.05) is 0 Å². The van der Waals surface area contributed by atoms with Crippen LogP contribution >= 0.6 is 15.9 Å². The Kier molecular flexibility index (Phi) is 2.77. The largest absolute Gasteiger partial charge is 0.265 e. The molecule has 0 amide bonds. The van der Waals surface area contributed by atoms with E-state index in [2.05, 4.69) is 15.9 Å². The summed E-state index contributed by atoms with van der Waals surface area (Å²) in [6, 6.07) is 6.00. The van der Waals surface area contributed by atoms with Crippen LogP contribution in [0.4, 0.5) is 8.78 Å². The maximum absolute atomic E-state index is 12.2. The Morgan fingerprint density at radius 2 is 2.08 bits per heavy atom. The Bertz CT molecular complexity index is 330. The molecule has 0 aliphatic rings. The number of nitriles is 1. The van der Waals surface area contributed by atoms with Gasteiger partial charge in [0.05, 0.1) is 5.56 Å². The maximum Gasteiger partial charge on any atom is 0.265 e. The fourth-order valence-electron chi connectivity index (χ4n) is 0.841. The third-order valence-corrected chi connectivity index (χ3v) is 2.05. The standard InChI is InChI=1S/C8H4BrF2N/c9-7-3-1-2-5(8(10)11)6(7)4-12/h1-3,8H. The fraction of sp³-hybridized carbons (Fsp3) is 0.125. The summed E-state index contributed by atoms with van der Waals surface area (Å²) in [5, 5.41) is 8.53. The van der Waals surface area contributed by atoms with Gasteiger partial charge in [-0.15, -0.1) is 0 Å². The van der Waals surface area contributed by atoms with Crippen molar-refractivity contribution in [2.24, 2.45) is 0 Å². The van der Waals surface area contributed by atoms with Crippen molar-refractivity contribution >= 4 is 15.9 Å². The molecule has 1 aromatic carbocycles. The highest BCUT2D eigenvalue weighted by Gasteiger charge is 2.14. The van der Waals surface area contributed by atoms with Crippen molar-refractivity contribution in [2.45, 2.75) is 6.43 Å². The first-order valence-corrected chi connectivity index (χ1v) is 3.92. The Hall–Kier alpha value is -0.950. The number of benzene rings is 1. The second kappa shape index (κ2) is 3.63. The van der Waals surface area contributed by atoms with Gasteiger partial charge in [-0.2, -0.15) is 5.26 Å². The van der Waals surface area contributed by atoms with Crippen molar-refractivity contribution < 1.29 is 8.78 Å². The predicted octanol–water partition coefficient (Wildman–Crippen LogP) is 3.26. The van der Waals surface area contributed by atoms with E-state index in [4.69, 9.17) is 5.26 Å². The number of hydrogen-bond donors (Lipinski definition) is 0. The lowest BCUT2D eigenvalue weighted by molar-refractivity contribution is 0.151. The minimum Gasteiger partial charge on any atom is -0.205 e. The van der Waals surface area contributed by atoms with E-state index in [1.165, 1.54) is 12.1 Å². The minimum atomic E-state index is -2.60. The molecule has 1 rings (SSSR count). The van der Waals surface area contributed by atoms with Gasteiger partial charge >= 0.3 is 0 Å². The summed E-state index contributed by atoms with van der Waals surface area (Å²) in [7, 11) is 0. The van der Waals surface area contributed by atoms with Gasteiger partial charge in [0.25, 0.3) is 6.43 Å². The number of alkyl halides is 2. The molecule has 0 heterocycles. The first kappa shape index (κ1) is 9.14. The van der Waals surface area contributed by atoms with Gasteiger partial charge in [0.1, 0.15) is 6.07 Å². The van der Waals surface area contributed by atoms with Crippen molar-refractivity contribution in [1.82, 2.24) is 0 Å². The molecule has 62 valence electrons. The van der Waals surface area contributed by atoms with Gasteiger partial charge in [0.15, 0.2) is 0 Å². The number of halogens is 3. The van der Waals surface area contributed by atoms with Crippen LogP contribution in [0, 0.1) is 11.3 Å². The zero-order valence-electron chi connectivity index (χ0n) is 5.89. The first-order valence-electron chi connectivity index (χ1n) is 3.13. The molecule has 0 aliphatic carbocycles. The summed E-state index contributed by atoms with van der Waals surface area (Å²) >= 11 is 3.02. The summed E-state index contributed by atoms with van der Waals surface area (Å²) in [6.07, 6.45) is -2.60. The first-order chi connectivity index (χ1) is 5.66. The van der Waals surface area contributed by atoms with Crippen molar-refractivity contribution in [3.63, 3.8) is 0 Å². The quantitative estimate of drug-likeness (QED) is 0.728. The van der Waals surface area contributed by atoms with E-state index >= 15 is 0 Å². The lowest BCUT2D eigenvalue weighted by Gasteiger charge is -2.02. The number of nitrogens with zero attached hydrogens (tertiary/aromatic N) is 1. The molecule has 0 saturated heterocycles. The molecular weight excluding hydrogens is 228 g/mol. The lowest BCUT2D eigenvalue weighted by atomic mass is 10.1. The van der Waals surface area contributed by atoms with Crippen molar-refractivity contribution in [3.05, 3.63) is 33.8 Å². The Morgan fingerprint density at radius 1 is 1.42 bits per heavy atom. The summed E-state index contributed by atoms with van der Waals surface area (Å²) in [5.41, 5.74) is -0.223. The summed E-state index contributed by atoms with van der Waals surface area (Å²) in [6.45, 7) is 0. The van der Waals surface area contributed by atoms with Gasteiger partial charge in [-0.25, -0.2) is 8.78 Å². The van der Waals surface area contributed by atoms with Crippen LogP contribution in [0.5, 0.6) is 0 Å². The van der Waals surface area contributed by atoms with Crippen LogP contribution in [0.2, 0.25) is 0 Å². The molecule has 1 aromatic rings. The molecule has 4 heteroatoms. The van der Waals surface area contributed by atoms with E-state index in [-0.39, 0.29) is 11.1 Å². The third-order valence-electron chi connectivity index (χ3n) is 1.39. The van der Waals surface area contributed by atoms with E-state index in [9.17, 15) is 8.78 Å². The predicted molar refractivity (Wildman–Crippen MR) is 43.8 cm³/mol. The molecular formula is C8H4BrF2N. The topological polar surface area (TPSA) is 23.8 Å². The zero-order valence-corrected chi connectivity index (χ0v) is 7.48. The van der Waals surface area contributed by atoms with Crippen molar-refractivity contribution in [1.29, 1.82) is 5.26 Å². The van der Waals surface area contributed by atoms with Gasteiger partial charge in [-0.3, -0.25) is 0 Å². The molecule has 1 nitrogen and oxygen atoms in total. The van der Waals surface area contributed by atoms with Crippen LogP contribution in [0.15, 0.2) is 22.7 Å². The molecule has 0 aliphatic heterocycles. The van der Waals surface area contributed by atoms with Gasteiger partial charge in [-0.1, -0.05) is 12.1 Å². The van der Waals surface area contributed by atoms with E-state index in [1.54, 1.807) is 12.1 Å². The SMILES string of the molecule is N#Cc1c(Br)cccc1C(F)F. The number of hydrogen-bond acceptors (Lipinski definition) is 1. The molecule has 0 bridgehead atoms. The molecule has 0 fully saturated rings. The van der Waals surface area contributed by atoms with Crippen LogP contribution in [-0.4, -0.2) is 0 Å². The van der Waals surface area contributed by atoms with Crippen molar-refractivity contribution in [2.75, 3.05) is 0 Å². The third kappa shape index (κ3) is 1.62. The lowest BCUT2D eigenvalue weighted by Crippen LogP contribution is -1.90. The Labute approximate surface area is 76.8 Å². The highest BCUT2D eigenvalue weighted by molar-refractivity contribution is 9.10. The molecule has 12 heavy (non-hydrogen) atoms. The van der Waals surface area contributed by atoms with Gasteiger partial charge in [-0.05, 0) is 22.0 Å². The monoisotopic (exact) mass is 231 g/mol. The smallest absolute Gasteiger partial charge is 0.205 e. The Balaban J connectivity index is 3.30. The molecule has 0 unspecified atom stereocenters. The molecule has 0 N–H and O–H groups in total. The summed E-state index contributed by atoms with van der Waals surface area (Å²) in [5.74, 6) is 0. The van der Waals surface area contributed by atoms with Crippen molar-refractivity contribution in [3.8, 4) is 6.07 Å². The molecule has 0 atom stereocenters. The highest BCUT2D eigenvalue weighted by Crippen LogP contribution is 2.27. The zero-order chi connectivity index (χ0) is 9.14. The molecule has 0 aromatic heterocycles. The highest BCUT2D eigenvalue weighted by atomic mass is 79.9. The van der Waals surface area contributed by atoms with Gasteiger partial charge < -0.3 is 0 Å². The summed E-state index contributed by atoms with van der Waals surface area (Å²) < 4.78 is 24.9. The Morgan fingerprint density at radius 3 is 2.50 bits per heavy atom. The van der Waals surface area contributed by atoms with Crippen LogP contribution in [0.25, 0.3) is 0 Å². The van der Waals surface area contributed by atoms with E-state index in [0.29, 0.717) is 4.47 Å². The van der Waals surface area contributed by atoms with E-state index < -0.39 is 6.43 Å². The molecule has 0 radical (unpaired) electrons. The maximum atomic E-state index is 12.2. The van der Waals surface area contributed by atoms with Crippen LogP contribution in [0.3, 0.4) is 0 Å². The minimum absolute atomic E-state index is 0.00694. The second-order valence-corrected chi connectivity index (χ2v) is 2.97. The van der Waals surface area contributed by atoms with Gasteiger partial charge in [0.2, 0.25) is 0 Å². The average Bonchev–Trinajstić information content (AvgIpc) is 2.03. The van der Waals surface area contributed by atoms with E-state index in [0.717, 1.165) is 0 Å². The number of rotatable bonds is 1. The van der Waals surface area contributed by atoms with Crippen LogP contribution < -0.4 is 0 Å². The fourth-order valence-corrected chi connectivity index (χ4v) is 1.31. The van der Waals surface area contributed by atoms with Crippen LogP contribution in [-0.2, 0) is 0 Å². The molecule has 0 saturated carbocycles. The van der Waals surface area contributed by atoms with Gasteiger partial charge in [0, 0.05) is 10.0 Å². The second-order valence-electron chi connectivity index (χ2n) is 2.12.